The third-order valence-electron chi connectivity index (χ3n) is 5.96. The number of hydrogen-bond acceptors (Lipinski definition) is 6. The minimum Gasteiger partial charge on any atom is -0.491 e. The van der Waals surface area contributed by atoms with E-state index in [1.54, 1.807) is 0 Å². The lowest BCUT2D eigenvalue weighted by Gasteiger charge is -2.29. The minimum absolute atomic E-state index is 0.136. The molecule has 33 heavy (non-hydrogen) atoms. The lowest BCUT2D eigenvalue weighted by Crippen LogP contribution is -2.47. The molecule has 0 amide bonds. The first-order valence-corrected chi connectivity index (χ1v) is 12.6. The summed E-state index contributed by atoms with van der Waals surface area (Å²) in [4.78, 5) is 2.25. The number of ether oxygens (including phenoxy) is 2. The molecule has 2 aromatic carbocycles. The summed E-state index contributed by atoms with van der Waals surface area (Å²) in [6.45, 7) is 9.24. The second-order valence-electron chi connectivity index (χ2n) is 8.93. The molecular formula is C25H34BrClN2O4. The Morgan fingerprint density at radius 2 is 1.64 bits per heavy atom. The molecule has 6 nitrogen and oxygen atoms in total. The zero-order valence-corrected chi connectivity index (χ0v) is 21.6. The zero-order valence-electron chi connectivity index (χ0n) is 19.3. The van der Waals surface area contributed by atoms with Crippen LogP contribution in [0.3, 0.4) is 0 Å². The average Bonchev–Trinajstić information content (AvgIpc) is 2.82. The topological polar surface area (TPSA) is 74.2 Å². The lowest BCUT2D eigenvalue weighted by atomic mass is 9.78. The van der Waals surface area contributed by atoms with Crippen LogP contribution >= 0.6 is 27.5 Å². The molecule has 2 atom stereocenters. The van der Waals surface area contributed by atoms with Gasteiger partial charge in [0.15, 0.2) is 0 Å². The van der Waals surface area contributed by atoms with E-state index < -0.39 is 12.2 Å². The van der Waals surface area contributed by atoms with Gasteiger partial charge in [0.05, 0.1) is 10.4 Å². The molecule has 3 N–H and O–H groups in total. The Balaban J connectivity index is 1.57. The monoisotopic (exact) mass is 540 g/mol. The van der Waals surface area contributed by atoms with E-state index in [0.717, 1.165) is 47.5 Å². The van der Waals surface area contributed by atoms with Crippen molar-refractivity contribution in [3.63, 3.8) is 0 Å². The molecule has 1 saturated heterocycles. The Morgan fingerprint density at radius 3 is 2.27 bits per heavy atom. The SMILES string of the molecule is CC(C)(c1ccc(OCC(O)CN2CCNCC2)cc1)c1ccc(OC[C@@H](O)CCl)c(Br)c1. The molecule has 1 aliphatic heterocycles. The molecule has 0 saturated carbocycles. The molecule has 0 spiro atoms. The smallest absolute Gasteiger partial charge is 0.133 e. The van der Waals surface area contributed by atoms with Gasteiger partial charge in [0.2, 0.25) is 0 Å². The van der Waals surface area contributed by atoms with Crippen LogP contribution in [0.25, 0.3) is 0 Å². The fourth-order valence-corrected chi connectivity index (χ4v) is 4.39. The Bertz CT molecular complexity index is 875. The van der Waals surface area contributed by atoms with Crippen LogP contribution in [0.2, 0.25) is 0 Å². The van der Waals surface area contributed by atoms with Gasteiger partial charge in [-0.1, -0.05) is 32.0 Å². The summed E-state index contributed by atoms with van der Waals surface area (Å²) >= 11 is 9.20. The third kappa shape index (κ3) is 7.57. The first-order valence-electron chi connectivity index (χ1n) is 11.3. The number of aliphatic hydroxyl groups excluding tert-OH is 2. The number of alkyl halides is 1. The largest absolute Gasteiger partial charge is 0.491 e. The third-order valence-corrected chi connectivity index (χ3v) is 6.94. The van der Waals surface area contributed by atoms with Gasteiger partial charge in [0, 0.05) is 38.1 Å². The summed E-state index contributed by atoms with van der Waals surface area (Å²) < 4.78 is 12.3. The lowest BCUT2D eigenvalue weighted by molar-refractivity contribution is 0.0641. The molecule has 1 aliphatic rings. The zero-order chi connectivity index (χ0) is 23.8. The van der Waals surface area contributed by atoms with E-state index in [1.807, 2.05) is 30.3 Å². The van der Waals surface area contributed by atoms with E-state index in [9.17, 15) is 10.2 Å². The van der Waals surface area contributed by atoms with Gasteiger partial charge >= 0.3 is 0 Å². The maximum Gasteiger partial charge on any atom is 0.133 e. The molecule has 3 rings (SSSR count). The van der Waals surface area contributed by atoms with Crippen LogP contribution < -0.4 is 14.8 Å². The van der Waals surface area contributed by atoms with Gasteiger partial charge in [-0.15, -0.1) is 11.6 Å². The summed E-state index contributed by atoms with van der Waals surface area (Å²) in [7, 11) is 0. The van der Waals surface area contributed by atoms with Crippen LogP contribution in [0.1, 0.15) is 25.0 Å². The van der Waals surface area contributed by atoms with E-state index >= 15 is 0 Å². The van der Waals surface area contributed by atoms with Crippen LogP contribution in [-0.2, 0) is 5.41 Å². The molecule has 1 unspecified atom stereocenters. The van der Waals surface area contributed by atoms with Crippen molar-refractivity contribution in [1.82, 2.24) is 10.2 Å². The van der Waals surface area contributed by atoms with Crippen molar-refractivity contribution in [2.24, 2.45) is 0 Å². The van der Waals surface area contributed by atoms with Crippen LogP contribution in [0, 0.1) is 0 Å². The van der Waals surface area contributed by atoms with E-state index in [-0.39, 0.29) is 24.5 Å². The highest BCUT2D eigenvalue weighted by Crippen LogP contribution is 2.36. The maximum atomic E-state index is 10.3. The van der Waals surface area contributed by atoms with Crippen LogP contribution in [0.5, 0.6) is 11.5 Å². The molecule has 8 heteroatoms. The minimum atomic E-state index is -0.696. The number of piperazine rings is 1. The Morgan fingerprint density at radius 1 is 1.00 bits per heavy atom. The fourth-order valence-electron chi connectivity index (χ4n) is 3.81. The predicted octanol–water partition coefficient (Wildman–Crippen LogP) is 3.40. The Hall–Kier alpha value is -1.35. The first kappa shape index (κ1) is 26.3. The summed E-state index contributed by atoms with van der Waals surface area (Å²) in [5.41, 5.74) is 2.03. The number of benzene rings is 2. The quantitative estimate of drug-likeness (QED) is 0.379. The molecule has 0 aliphatic carbocycles. The van der Waals surface area contributed by atoms with Crippen LogP contribution in [0.15, 0.2) is 46.9 Å². The molecule has 182 valence electrons. The average molecular weight is 542 g/mol. The summed E-state index contributed by atoms with van der Waals surface area (Å²) in [5.74, 6) is 1.55. The number of nitrogens with one attached hydrogen (secondary N) is 1. The van der Waals surface area contributed by atoms with E-state index in [1.165, 1.54) is 0 Å². The Kier molecular flexibility index (Phi) is 9.85. The van der Waals surface area contributed by atoms with Gasteiger partial charge in [-0.05, 0) is 51.3 Å². The van der Waals surface area contributed by atoms with Crippen molar-refractivity contribution in [1.29, 1.82) is 0 Å². The highest BCUT2D eigenvalue weighted by molar-refractivity contribution is 9.10. The number of aliphatic hydroxyl groups is 2. The summed E-state index contributed by atoms with van der Waals surface area (Å²) in [6.07, 6.45) is -1.21. The van der Waals surface area contributed by atoms with Gasteiger partial charge in [-0.25, -0.2) is 0 Å². The van der Waals surface area contributed by atoms with Crippen molar-refractivity contribution in [2.45, 2.75) is 31.5 Å². The van der Waals surface area contributed by atoms with E-state index in [0.29, 0.717) is 12.3 Å². The number of β-amino-alcohol motifs (C(OH)–C–C–N with tert-alkyl or cyclic N) is 1. The van der Waals surface area contributed by atoms with E-state index in [4.69, 9.17) is 21.1 Å². The standard InChI is InChI=1S/C25H34BrClN2O4/c1-25(2,19-5-8-24(23(26)13-19)33-16-20(30)14-27)18-3-6-22(7-4-18)32-17-21(31)15-29-11-9-28-10-12-29/h3-8,13,20-21,28,30-31H,9-12,14-17H2,1-2H3/t20-,21?/m0/s1. The number of hydrogen-bond donors (Lipinski definition) is 3. The van der Waals surface area contributed by atoms with Gasteiger partial charge in [0.1, 0.15) is 36.9 Å². The molecular weight excluding hydrogens is 508 g/mol. The number of nitrogens with zero attached hydrogens (tertiary/aromatic N) is 1. The predicted molar refractivity (Wildman–Crippen MR) is 136 cm³/mol. The number of halogens is 2. The van der Waals surface area contributed by atoms with Gasteiger partial charge in [-0.2, -0.15) is 0 Å². The summed E-state index contributed by atoms with van der Waals surface area (Å²) in [5, 5.41) is 23.2. The highest BCUT2D eigenvalue weighted by atomic mass is 79.9. The van der Waals surface area contributed by atoms with Gasteiger partial charge in [0.25, 0.3) is 0 Å². The van der Waals surface area contributed by atoms with Crippen LogP contribution in [0.4, 0.5) is 0 Å². The number of rotatable bonds is 11. The highest BCUT2D eigenvalue weighted by Gasteiger charge is 2.24. The van der Waals surface area contributed by atoms with Crippen molar-refractivity contribution < 1.29 is 19.7 Å². The van der Waals surface area contributed by atoms with Crippen LogP contribution in [-0.4, -0.2) is 79.1 Å². The molecule has 0 aromatic heterocycles. The maximum absolute atomic E-state index is 10.3. The Labute approximate surface area is 210 Å². The molecule has 1 heterocycles. The molecule has 2 aromatic rings. The van der Waals surface area contributed by atoms with Crippen molar-refractivity contribution >= 4 is 27.5 Å². The van der Waals surface area contributed by atoms with Gasteiger partial charge < -0.3 is 25.0 Å². The second kappa shape index (κ2) is 12.4. The van der Waals surface area contributed by atoms with Crippen molar-refractivity contribution in [2.75, 3.05) is 51.8 Å². The fraction of sp³-hybridized carbons (Fsp3) is 0.520. The normalized spacial score (nSPS) is 16.9. The molecule has 0 radical (unpaired) electrons. The molecule has 0 bridgehead atoms. The first-order chi connectivity index (χ1) is 15.8. The van der Waals surface area contributed by atoms with Crippen molar-refractivity contribution in [3.8, 4) is 11.5 Å². The second-order valence-corrected chi connectivity index (χ2v) is 10.1. The van der Waals surface area contributed by atoms with Gasteiger partial charge in [-0.3, -0.25) is 4.90 Å². The summed E-state index contributed by atoms with van der Waals surface area (Å²) in [6, 6.07) is 14.0. The van der Waals surface area contributed by atoms with E-state index in [2.05, 4.69) is 52.1 Å². The molecule has 1 fully saturated rings. The van der Waals surface area contributed by atoms with Crippen molar-refractivity contribution in [3.05, 3.63) is 58.1 Å².